The first-order valence-electron chi connectivity index (χ1n) is 8.15. The molecule has 1 N–H and O–H groups in total. The van der Waals surface area contributed by atoms with Crippen LogP contribution in [0.15, 0.2) is 42.5 Å². The van der Waals surface area contributed by atoms with Crippen molar-refractivity contribution in [1.29, 1.82) is 0 Å². The fourth-order valence-electron chi connectivity index (χ4n) is 3.19. The summed E-state index contributed by atoms with van der Waals surface area (Å²) in [5.74, 6) is -0.107. The Labute approximate surface area is 144 Å². The van der Waals surface area contributed by atoms with Crippen molar-refractivity contribution in [2.75, 3.05) is 18.0 Å². The highest BCUT2D eigenvalue weighted by atomic mass is 32.1. The minimum Gasteiger partial charge on any atom is -0.371 e. The molecule has 1 aromatic heterocycles. The van der Waals surface area contributed by atoms with Crippen LogP contribution in [0, 0.1) is 0 Å². The van der Waals surface area contributed by atoms with E-state index in [0.717, 1.165) is 35.9 Å². The maximum absolute atomic E-state index is 12.6. The molecule has 2 aromatic carbocycles. The third kappa shape index (κ3) is 2.85. The zero-order chi connectivity index (χ0) is 16.4. The first kappa shape index (κ1) is 15.1. The quantitative estimate of drug-likeness (QED) is 0.793. The number of amides is 1. The summed E-state index contributed by atoms with van der Waals surface area (Å²) in [5.41, 5.74) is 4.40. The van der Waals surface area contributed by atoms with E-state index >= 15 is 0 Å². The Hall–Kier alpha value is -2.47. The van der Waals surface area contributed by atoms with Crippen molar-refractivity contribution >= 4 is 34.4 Å². The molecule has 2 heterocycles. The second kappa shape index (κ2) is 6.57. The van der Waals surface area contributed by atoms with E-state index in [4.69, 9.17) is 0 Å². The zero-order valence-corrected chi connectivity index (χ0v) is 14.1. The minimum atomic E-state index is -0.107. The van der Waals surface area contributed by atoms with Crippen LogP contribution >= 0.6 is 11.7 Å². The van der Waals surface area contributed by atoms with Gasteiger partial charge in [-0.25, -0.2) is 0 Å². The maximum Gasteiger partial charge on any atom is 0.253 e. The number of hydrogen-bond acceptors (Lipinski definition) is 5. The van der Waals surface area contributed by atoms with Crippen LogP contribution in [0.1, 0.15) is 28.8 Å². The largest absolute Gasteiger partial charge is 0.371 e. The summed E-state index contributed by atoms with van der Waals surface area (Å²) >= 11 is 1.13. The Morgan fingerprint density at radius 3 is 2.79 bits per heavy atom. The number of hydrogen-bond donors (Lipinski definition) is 1. The van der Waals surface area contributed by atoms with Crippen LogP contribution in [0.5, 0.6) is 0 Å². The van der Waals surface area contributed by atoms with Gasteiger partial charge in [-0.15, -0.1) is 0 Å². The molecule has 4 rings (SSSR count). The summed E-state index contributed by atoms with van der Waals surface area (Å²) in [5, 5.41) is 3.03. The number of carbonyl (C=O) groups is 1. The van der Waals surface area contributed by atoms with E-state index in [2.05, 4.69) is 37.2 Å². The van der Waals surface area contributed by atoms with Crippen LogP contribution < -0.4 is 10.2 Å². The lowest BCUT2D eigenvalue weighted by Gasteiger charge is -2.21. The van der Waals surface area contributed by atoms with Crippen LogP contribution in [0.2, 0.25) is 0 Å². The normalized spacial score (nSPS) is 14.2. The average Bonchev–Trinajstić information content (AvgIpc) is 3.30. The van der Waals surface area contributed by atoms with Gasteiger partial charge >= 0.3 is 0 Å². The van der Waals surface area contributed by atoms with Crippen molar-refractivity contribution < 1.29 is 4.79 Å². The molecule has 1 amide bonds. The van der Waals surface area contributed by atoms with E-state index < -0.39 is 0 Å². The molecule has 0 unspecified atom stereocenters. The van der Waals surface area contributed by atoms with Crippen molar-refractivity contribution in [3.63, 3.8) is 0 Å². The zero-order valence-electron chi connectivity index (χ0n) is 13.2. The smallest absolute Gasteiger partial charge is 0.253 e. The summed E-state index contributed by atoms with van der Waals surface area (Å²) in [6, 6.07) is 13.8. The molecule has 1 fully saturated rings. The third-order valence-corrected chi connectivity index (χ3v) is 4.95. The first-order valence-corrected chi connectivity index (χ1v) is 8.88. The second-order valence-electron chi connectivity index (χ2n) is 5.94. The topological polar surface area (TPSA) is 58.1 Å². The summed E-state index contributed by atoms with van der Waals surface area (Å²) in [4.78, 5) is 15.0. The lowest BCUT2D eigenvalue weighted by Crippen LogP contribution is -2.25. The molecule has 24 heavy (non-hydrogen) atoms. The highest BCUT2D eigenvalue weighted by molar-refractivity contribution is 7.00. The van der Waals surface area contributed by atoms with Gasteiger partial charge < -0.3 is 10.2 Å². The van der Waals surface area contributed by atoms with Gasteiger partial charge in [-0.3, -0.25) is 4.79 Å². The summed E-state index contributed by atoms with van der Waals surface area (Å²) in [6.07, 6.45) is 2.47. The van der Waals surface area contributed by atoms with Gasteiger partial charge in [-0.2, -0.15) is 8.75 Å². The number of anilines is 1. The van der Waals surface area contributed by atoms with Crippen molar-refractivity contribution in [3.8, 4) is 0 Å². The first-order chi connectivity index (χ1) is 11.8. The molecule has 0 spiro atoms. The molecular formula is C18H18N4OS. The monoisotopic (exact) mass is 338 g/mol. The van der Waals surface area contributed by atoms with E-state index in [1.807, 2.05) is 18.2 Å². The predicted octanol–water partition coefficient (Wildman–Crippen LogP) is 3.22. The van der Waals surface area contributed by atoms with Gasteiger partial charge in [-0.1, -0.05) is 24.3 Å². The number of aromatic nitrogens is 2. The van der Waals surface area contributed by atoms with E-state index in [0.29, 0.717) is 17.6 Å². The Morgan fingerprint density at radius 2 is 1.92 bits per heavy atom. The van der Waals surface area contributed by atoms with E-state index in [9.17, 15) is 4.79 Å². The summed E-state index contributed by atoms with van der Waals surface area (Å²) in [6.45, 7) is 2.70. The van der Waals surface area contributed by atoms with Crippen LogP contribution in [0.4, 0.5) is 5.69 Å². The van der Waals surface area contributed by atoms with Crippen LogP contribution in [-0.4, -0.2) is 27.7 Å². The van der Waals surface area contributed by atoms with Crippen molar-refractivity contribution in [2.45, 2.75) is 19.4 Å². The van der Waals surface area contributed by atoms with Gasteiger partial charge in [0.05, 0.1) is 17.3 Å². The molecule has 0 radical (unpaired) electrons. The Kier molecular flexibility index (Phi) is 4.13. The maximum atomic E-state index is 12.6. The van der Waals surface area contributed by atoms with Crippen LogP contribution in [-0.2, 0) is 6.54 Å². The molecule has 0 aliphatic carbocycles. The van der Waals surface area contributed by atoms with Crippen molar-refractivity contribution in [2.24, 2.45) is 0 Å². The SMILES string of the molecule is O=C(NCc1ccccc1N1CCCC1)c1cccc2nsnc12. The number of nitrogens with zero attached hydrogens (tertiary/aromatic N) is 3. The number of nitrogens with one attached hydrogen (secondary N) is 1. The van der Waals surface area contributed by atoms with E-state index in [-0.39, 0.29) is 5.91 Å². The molecular weight excluding hydrogens is 320 g/mol. The fourth-order valence-corrected chi connectivity index (χ4v) is 3.74. The molecule has 122 valence electrons. The number of rotatable bonds is 4. The lowest BCUT2D eigenvalue weighted by molar-refractivity contribution is 0.0952. The van der Waals surface area contributed by atoms with Gasteiger partial charge in [0, 0.05) is 25.3 Å². The van der Waals surface area contributed by atoms with E-state index in [1.165, 1.54) is 18.5 Å². The fraction of sp³-hybridized carbons (Fsp3) is 0.278. The average molecular weight is 338 g/mol. The summed E-state index contributed by atoms with van der Waals surface area (Å²) < 4.78 is 8.43. The minimum absolute atomic E-state index is 0.107. The number of benzene rings is 2. The molecule has 0 saturated carbocycles. The highest BCUT2D eigenvalue weighted by Crippen LogP contribution is 2.24. The van der Waals surface area contributed by atoms with Gasteiger partial charge in [0.15, 0.2) is 0 Å². The van der Waals surface area contributed by atoms with Crippen LogP contribution in [0.3, 0.4) is 0 Å². The molecule has 1 saturated heterocycles. The van der Waals surface area contributed by atoms with Crippen molar-refractivity contribution in [1.82, 2.24) is 14.1 Å². The Balaban J connectivity index is 1.53. The van der Waals surface area contributed by atoms with Gasteiger partial charge in [0.25, 0.3) is 5.91 Å². The molecule has 6 heteroatoms. The van der Waals surface area contributed by atoms with Crippen LogP contribution in [0.25, 0.3) is 11.0 Å². The van der Waals surface area contributed by atoms with Crippen molar-refractivity contribution in [3.05, 3.63) is 53.6 Å². The number of para-hydroxylation sites is 1. The number of fused-ring (bicyclic) bond motifs is 1. The van der Waals surface area contributed by atoms with Gasteiger partial charge in [0.1, 0.15) is 11.0 Å². The Bertz CT molecular complexity index is 870. The highest BCUT2D eigenvalue weighted by Gasteiger charge is 2.17. The molecule has 5 nitrogen and oxygen atoms in total. The predicted molar refractivity (Wildman–Crippen MR) is 96.5 cm³/mol. The molecule has 0 atom stereocenters. The molecule has 1 aliphatic rings. The second-order valence-corrected chi connectivity index (χ2v) is 6.47. The lowest BCUT2D eigenvalue weighted by atomic mass is 10.1. The molecule has 1 aliphatic heterocycles. The number of carbonyl (C=O) groups excluding carboxylic acids is 1. The molecule has 3 aromatic rings. The summed E-state index contributed by atoms with van der Waals surface area (Å²) in [7, 11) is 0. The standard InChI is InChI=1S/C18H18N4OS/c23-18(14-7-5-8-15-17(14)21-24-20-15)19-12-13-6-1-2-9-16(13)22-10-3-4-11-22/h1-2,5-9H,3-4,10-12H2,(H,19,23). The third-order valence-electron chi connectivity index (χ3n) is 4.41. The molecule has 0 bridgehead atoms. The van der Waals surface area contributed by atoms with Gasteiger partial charge in [0.2, 0.25) is 0 Å². The van der Waals surface area contributed by atoms with Gasteiger partial charge in [-0.05, 0) is 36.6 Å². The van der Waals surface area contributed by atoms with E-state index in [1.54, 1.807) is 6.07 Å². The Morgan fingerprint density at radius 1 is 1.08 bits per heavy atom.